The number of nitrogens with zero attached hydrogens (tertiary/aromatic N) is 1. The minimum atomic E-state index is -0.0371. The second-order valence-corrected chi connectivity index (χ2v) is 3.29. The number of carbonyl (C=O) groups is 1. The number of pyridine rings is 1. The minimum Gasteiger partial charge on any atom is -0.355 e. The van der Waals surface area contributed by atoms with Crippen LogP contribution in [0.15, 0.2) is 18.3 Å². The average molecular weight is 223 g/mol. The normalized spacial score (nSPS) is 8.93. The lowest BCUT2D eigenvalue weighted by Crippen LogP contribution is -2.20. The van der Waals surface area contributed by atoms with Crippen LogP contribution in [-0.2, 0) is 4.79 Å². The van der Waals surface area contributed by atoms with Crippen LogP contribution in [0.25, 0.3) is 0 Å². The highest BCUT2D eigenvalue weighted by Crippen LogP contribution is 2.03. The lowest BCUT2D eigenvalue weighted by molar-refractivity contribution is -0.118. The highest BCUT2D eigenvalue weighted by atomic mass is 35.5. The molecule has 0 aliphatic rings. The summed E-state index contributed by atoms with van der Waals surface area (Å²) in [5, 5.41) is 3.12. The van der Waals surface area contributed by atoms with Gasteiger partial charge in [0.1, 0.15) is 5.15 Å². The van der Waals surface area contributed by atoms with Gasteiger partial charge in [0, 0.05) is 31.6 Å². The zero-order valence-electron chi connectivity index (χ0n) is 8.38. The Labute approximate surface area is 93.9 Å². The van der Waals surface area contributed by atoms with Crippen LogP contribution < -0.4 is 5.32 Å². The van der Waals surface area contributed by atoms with E-state index in [9.17, 15) is 4.79 Å². The van der Waals surface area contributed by atoms with Crippen molar-refractivity contribution in [2.45, 2.75) is 13.3 Å². The molecule has 4 heteroatoms. The number of amides is 1. The highest BCUT2D eigenvalue weighted by molar-refractivity contribution is 6.29. The molecule has 1 rings (SSSR count). The van der Waals surface area contributed by atoms with Crippen molar-refractivity contribution in [3.63, 3.8) is 0 Å². The first-order valence-electron chi connectivity index (χ1n) is 4.53. The summed E-state index contributed by atoms with van der Waals surface area (Å²) in [6, 6.07) is 3.50. The molecular weight excluding hydrogens is 212 g/mol. The number of rotatable bonds is 2. The van der Waals surface area contributed by atoms with Gasteiger partial charge in [0.2, 0.25) is 5.91 Å². The van der Waals surface area contributed by atoms with Crippen molar-refractivity contribution in [2.24, 2.45) is 0 Å². The van der Waals surface area contributed by atoms with E-state index in [2.05, 4.69) is 22.1 Å². The van der Waals surface area contributed by atoms with Crippen LogP contribution in [-0.4, -0.2) is 17.4 Å². The summed E-state index contributed by atoms with van der Waals surface area (Å²) in [6.07, 6.45) is 2.25. The van der Waals surface area contributed by atoms with Gasteiger partial charge in [-0.1, -0.05) is 23.4 Å². The first-order valence-corrected chi connectivity index (χ1v) is 4.91. The SMILES string of the molecule is CC(=O)NCCC#Cc1ccc(Cl)nc1. The molecule has 78 valence electrons. The molecule has 1 aromatic heterocycles. The van der Waals surface area contributed by atoms with E-state index >= 15 is 0 Å². The van der Waals surface area contributed by atoms with Crippen molar-refractivity contribution in [1.82, 2.24) is 10.3 Å². The van der Waals surface area contributed by atoms with Gasteiger partial charge < -0.3 is 5.32 Å². The van der Waals surface area contributed by atoms with E-state index < -0.39 is 0 Å². The Morgan fingerprint density at radius 1 is 1.60 bits per heavy atom. The van der Waals surface area contributed by atoms with Crippen LogP contribution in [0.3, 0.4) is 0 Å². The molecule has 0 unspecified atom stereocenters. The molecule has 0 saturated carbocycles. The third kappa shape index (κ3) is 5.04. The first-order chi connectivity index (χ1) is 7.18. The van der Waals surface area contributed by atoms with Gasteiger partial charge in [-0.05, 0) is 12.1 Å². The predicted molar refractivity (Wildman–Crippen MR) is 59.4 cm³/mol. The van der Waals surface area contributed by atoms with Gasteiger partial charge in [-0.3, -0.25) is 4.79 Å². The third-order valence-electron chi connectivity index (χ3n) is 1.58. The van der Waals surface area contributed by atoms with Crippen molar-refractivity contribution in [1.29, 1.82) is 0 Å². The summed E-state index contributed by atoms with van der Waals surface area (Å²) in [6.45, 7) is 2.06. The van der Waals surface area contributed by atoms with Gasteiger partial charge in [0.05, 0.1) is 0 Å². The summed E-state index contributed by atoms with van der Waals surface area (Å²) in [5.74, 6) is 5.81. The Morgan fingerprint density at radius 2 is 2.40 bits per heavy atom. The first kappa shape index (κ1) is 11.5. The Hall–Kier alpha value is -1.53. The van der Waals surface area contributed by atoms with Gasteiger partial charge in [-0.25, -0.2) is 4.98 Å². The fraction of sp³-hybridized carbons (Fsp3) is 0.273. The minimum absolute atomic E-state index is 0.0371. The van der Waals surface area contributed by atoms with Crippen molar-refractivity contribution >= 4 is 17.5 Å². The Morgan fingerprint density at radius 3 is 3.00 bits per heavy atom. The van der Waals surface area contributed by atoms with Crippen molar-refractivity contribution in [3.05, 3.63) is 29.0 Å². The number of carbonyl (C=O) groups excluding carboxylic acids is 1. The molecule has 0 radical (unpaired) electrons. The van der Waals surface area contributed by atoms with Gasteiger partial charge in [0.15, 0.2) is 0 Å². The summed E-state index contributed by atoms with van der Waals surface area (Å²) >= 11 is 5.62. The topological polar surface area (TPSA) is 42.0 Å². The zero-order valence-corrected chi connectivity index (χ0v) is 9.14. The van der Waals surface area contributed by atoms with Gasteiger partial charge in [-0.2, -0.15) is 0 Å². The van der Waals surface area contributed by atoms with E-state index in [-0.39, 0.29) is 5.91 Å². The predicted octanol–water partition coefficient (Wildman–Crippen LogP) is 1.61. The summed E-state index contributed by atoms with van der Waals surface area (Å²) in [4.78, 5) is 14.4. The van der Waals surface area contributed by atoms with Crippen LogP contribution in [0.1, 0.15) is 18.9 Å². The lowest BCUT2D eigenvalue weighted by atomic mass is 10.3. The number of aromatic nitrogens is 1. The number of hydrogen-bond donors (Lipinski definition) is 1. The molecule has 0 aliphatic carbocycles. The van der Waals surface area contributed by atoms with Crippen molar-refractivity contribution < 1.29 is 4.79 Å². The van der Waals surface area contributed by atoms with E-state index in [4.69, 9.17) is 11.6 Å². The summed E-state index contributed by atoms with van der Waals surface area (Å²) in [5.41, 5.74) is 0.822. The molecule has 1 amide bonds. The van der Waals surface area contributed by atoms with Crippen LogP contribution in [0.5, 0.6) is 0 Å². The average Bonchev–Trinajstić information content (AvgIpc) is 2.20. The van der Waals surface area contributed by atoms with Gasteiger partial charge >= 0.3 is 0 Å². The van der Waals surface area contributed by atoms with E-state index in [1.807, 2.05) is 0 Å². The fourth-order valence-electron chi connectivity index (χ4n) is 0.915. The maximum atomic E-state index is 10.5. The maximum absolute atomic E-state index is 10.5. The number of hydrogen-bond acceptors (Lipinski definition) is 2. The Balaban J connectivity index is 2.38. The van der Waals surface area contributed by atoms with Gasteiger partial charge in [-0.15, -0.1) is 0 Å². The fourth-order valence-corrected chi connectivity index (χ4v) is 1.03. The molecule has 0 bridgehead atoms. The van der Waals surface area contributed by atoms with E-state index in [0.717, 1.165) is 5.56 Å². The van der Waals surface area contributed by atoms with Crippen LogP contribution in [0, 0.1) is 11.8 Å². The molecule has 1 aromatic rings. The van der Waals surface area contributed by atoms with Crippen molar-refractivity contribution in [3.8, 4) is 11.8 Å². The standard InChI is InChI=1S/C11H11ClN2O/c1-9(15)13-7-3-2-4-10-5-6-11(12)14-8-10/h5-6,8H,3,7H2,1H3,(H,13,15). The lowest BCUT2D eigenvalue weighted by Gasteiger charge is -1.94. The second-order valence-electron chi connectivity index (χ2n) is 2.90. The van der Waals surface area contributed by atoms with Crippen molar-refractivity contribution in [2.75, 3.05) is 6.54 Å². The Kier molecular flexibility index (Phi) is 4.65. The third-order valence-corrected chi connectivity index (χ3v) is 1.81. The molecule has 0 saturated heterocycles. The molecule has 0 atom stereocenters. The highest BCUT2D eigenvalue weighted by Gasteiger charge is 1.89. The number of nitrogens with one attached hydrogen (secondary N) is 1. The molecule has 1 N–H and O–H groups in total. The van der Waals surface area contributed by atoms with Crippen LogP contribution in [0.4, 0.5) is 0 Å². The summed E-state index contributed by atoms with van der Waals surface area (Å²) in [7, 11) is 0. The molecular formula is C11H11ClN2O. The Bertz CT molecular complexity index is 389. The molecule has 0 spiro atoms. The molecule has 0 fully saturated rings. The van der Waals surface area contributed by atoms with Crippen LogP contribution in [0.2, 0.25) is 5.15 Å². The molecule has 15 heavy (non-hydrogen) atoms. The zero-order chi connectivity index (χ0) is 11.1. The summed E-state index contributed by atoms with van der Waals surface area (Å²) < 4.78 is 0. The van der Waals surface area contributed by atoms with E-state index in [1.54, 1.807) is 18.3 Å². The van der Waals surface area contributed by atoms with E-state index in [0.29, 0.717) is 18.1 Å². The maximum Gasteiger partial charge on any atom is 0.216 e. The second kappa shape index (κ2) is 6.05. The monoisotopic (exact) mass is 222 g/mol. The smallest absolute Gasteiger partial charge is 0.216 e. The molecule has 1 heterocycles. The molecule has 3 nitrogen and oxygen atoms in total. The largest absolute Gasteiger partial charge is 0.355 e. The van der Waals surface area contributed by atoms with E-state index in [1.165, 1.54) is 6.92 Å². The van der Waals surface area contributed by atoms with Crippen LogP contribution >= 0.6 is 11.6 Å². The molecule has 0 aromatic carbocycles. The number of halogens is 1. The van der Waals surface area contributed by atoms with Gasteiger partial charge in [0.25, 0.3) is 0 Å². The quantitative estimate of drug-likeness (QED) is 0.469. The molecule has 0 aliphatic heterocycles.